The van der Waals surface area contributed by atoms with Gasteiger partial charge < -0.3 is 14.8 Å². The highest BCUT2D eigenvalue weighted by Gasteiger charge is 2.12. The first-order valence-corrected chi connectivity index (χ1v) is 7.13. The van der Waals surface area contributed by atoms with E-state index in [1.165, 1.54) is 6.07 Å². The van der Waals surface area contributed by atoms with E-state index in [4.69, 9.17) is 9.47 Å². The Hall–Kier alpha value is -1.13. The van der Waals surface area contributed by atoms with E-state index in [9.17, 15) is 4.39 Å². The van der Waals surface area contributed by atoms with Crippen molar-refractivity contribution in [1.29, 1.82) is 0 Å². The molecule has 1 rings (SSSR count). The Balaban J connectivity index is 2.51. The molecule has 0 spiro atoms. The Morgan fingerprint density at radius 1 is 1.25 bits per heavy atom. The molecule has 1 aromatic rings. The van der Waals surface area contributed by atoms with Gasteiger partial charge in [0.2, 0.25) is 0 Å². The number of rotatable bonds is 7. The topological polar surface area (TPSA) is 30.5 Å². The minimum absolute atomic E-state index is 0.00160. The summed E-state index contributed by atoms with van der Waals surface area (Å²) < 4.78 is 25.0. The molecule has 0 aliphatic rings. The second-order valence-electron chi connectivity index (χ2n) is 5.77. The molecule has 1 N–H and O–H groups in total. The lowest BCUT2D eigenvalue weighted by Crippen LogP contribution is -2.22. The number of halogens is 1. The first kappa shape index (κ1) is 16.9. The molecule has 1 atom stereocenters. The Morgan fingerprint density at radius 2 is 1.95 bits per heavy atom. The largest absolute Gasteiger partial charge is 0.491 e. The van der Waals surface area contributed by atoms with Gasteiger partial charge in [-0.25, -0.2) is 4.39 Å². The van der Waals surface area contributed by atoms with Crippen LogP contribution in [-0.2, 0) is 4.74 Å². The van der Waals surface area contributed by atoms with Crippen LogP contribution in [-0.4, -0.2) is 25.4 Å². The van der Waals surface area contributed by atoms with E-state index in [2.05, 4.69) is 5.32 Å². The molecular weight excluding hydrogens is 257 g/mol. The monoisotopic (exact) mass is 283 g/mol. The van der Waals surface area contributed by atoms with Gasteiger partial charge in [0.1, 0.15) is 18.2 Å². The molecule has 3 nitrogen and oxygen atoms in total. The van der Waals surface area contributed by atoms with Gasteiger partial charge in [-0.2, -0.15) is 0 Å². The summed E-state index contributed by atoms with van der Waals surface area (Å²) in [6, 6.07) is 4.99. The van der Waals surface area contributed by atoms with Crippen molar-refractivity contribution in [2.75, 3.05) is 19.8 Å². The van der Waals surface area contributed by atoms with Crippen molar-refractivity contribution in [1.82, 2.24) is 5.32 Å². The van der Waals surface area contributed by atoms with E-state index in [0.29, 0.717) is 24.5 Å². The van der Waals surface area contributed by atoms with Crippen LogP contribution in [0.1, 0.15) is 46.2 Å². The lowest BCUT2D eigenvalue weighted by molar-refractivity contribution is -0.0163. The molecule has 0 radical (unpaired) electrons. The highest BCUT2D eigenvalue weighted by Crippen LogP contribution is 2.21. The average molecular weight is 283 g/mol. The van der Waals surface area contributed by atoms with Crippen LogP contribution in [0.2, 0.25) is 0 Å². The first-order chi connectivity index (χ1) is 9.33. The minimum Gasteiger partial charge on any atom is -0.491 e. The van der Waals surface area contributed by atoms with Crippen molar-refractivity contribution >= 4 is 0 Å². The molecule has 0 bridgehead atoms. The summed E-state index contributed by atoms with van der Waals surface area (Å²) in [5.74, 6) is 0.292. The van der Waals surface area contributed by atoms with Gasteiger partial charge in [-0.3, -0.25) is 0 Å². The van der Waals surface area contributed by atoms with Crippen LogP contribution in [0.4, 0.5) is 4.39 Å². The molecule has 0 aromatic heterocycles. The molecule has 0 saturated heterocycles. The normalized spacial score (nSPS) is 13.3. The zero-order valence-electron chi connectivity index (χ0n) is 13.1. The summed E-state index contributed by atoms with van der Waals surface area (Å²) in [6.45, 7) is 11.6. The zero-order valence-corrected chi connectivity index (χ0v) is 13.1. The summed E-state index contributed by atoms with van der Waals surface area (Å²) in [5, 5.41) is 3.19. The van der Waals surface area contributed by atoms with Crippen molar-refractivity contribution in [3.63, 3.8) is 0 Å². The molecule has 4 heteroatoms. The molecule has 0 fully saturated rings. The van der Waals surface area contributed by atoms with E-state index >= 15 is 0 Å². The van der Waals surface area contributed by atoms with Gasteiger partial charge in [-0.05, 0) is 40.3 Å². The van der Waals surface area contributed by atoms with Crippen molar-refractivity contribution in [2.24, 2.45) is 0 Å². The average Bonchev–Trinajstić information content (AvgIpc) is 2.34. The summed E-state index contributed by atoms with van der Waals surface area (Å²) in [5.41, 5.74) is 0.477. The molecular formula is C16H26FNO2. The molecule has 0 aliphatic carbocycles. The van der Waals surface area contributed by atoms with Gasteiger partial charge in [0.15, 0.2) is 0 Å². The smallest absolute Gasteiger partial charge is 0.131 e. The van der Waals surface area contributed by atoms with Crippen LogP contribution in [0.5, 0.6) is 5.75 Å². The molecule has 1 aromatic carbocycles. The molecule has 114 valence electrons. The number of hydrogen-bond donors (Lipinski definition) is 1. The molecule has 0 heterocycles. The minimum atomic E-state index is -0.243. The van der Waals surface area contributed by atoms with Gasteiger partial charge in [0.05, 0.1) is 12.2 Å². The Labute approximate surface area is 121 Å². The van der Waals surface area contributed by atoms with Crippen LogP contribution in [0.25, 0.3) is 0 Å². The Bertz CT molecular complexity index is 415. The van der Waals surface area contributed by atoms with Crippen molar-refractivity contribution in [3.8, 4) is 5.75 Å². The molecule has 0 amide bonds. The van der Waals surface area contributed by atoms with E-state index in [1.54, 1.807) is 12.1 Å². The highest BCUT2D eigenvalue weighted by molar-refractivity contribution is 5.30. The SMILES string of the molecule is CCNC(C)c1ccc(OCCOC(C)(C)C)cc1F. The maximum atomic E-state index is 14.0. The van der Waals surface area contributed by atoms with Gasteiger partial charge >= 0.3 is 0 Å². The number of nitrogens with one attached hydrogen (secondary N) is 1. The van der Waals surface area contributed by atoms with E-state index in [-0.39, 0.29) is 17.5 Å². The number of ether oxygens (including phenoxy) is 2. The first-order valence-electron chi connectivity index (χ1n) is 7.13. The third kappa shape index (κ3) is 5.88. The molecule has 20 heavy (non-hydrogen) atoms. The standard InChI is InChI=1S/C16H26FNO2/c1-6-18-12(2)14-8-7-13(11-15(14)17)19-9-10-20-16(3,4)5/h7-8,11-12,18H,6,9-10H2,1-5H3. The fraction of sp³-hybridized carbons (Fsp3) is 0.625. The lowest BCUT2D eigenvalue weighted by Gasteiger charge is -2.19. The predicted octanol–water partition coefficient (Wildman–Crippen LogP) is 3.69. The molecule has 0 saturated carbocycles. The van der Waals surface area contributed by atoms with Crippen molar-refractivity contribution < 1.29 is 13.9 Å². The van der Waals surface area contributed by atoms with Gasteiger partial charge in [0, 0.05) is 17.7 Å². The third-order valence-electron chi connectivity index (χ3n) is 2.84. The second kappa shape index (κ2) is 7.60. The molecule has 0 aliphatic heterocycles. The summed E-state index contributed by atoms with van der Waals surface area (Å²) in [6.07, 6.45) is 0. The third-order valence-corrected chi connectivity index (χ3v) is 2.84. The Kier molecular flexibility index (Phi) is 6.43. The van der Waals surface area contributed by atoms with Crippen molar-refractivity contribution in [3.05, 3.63) is 29.6 Å². The summed E-state index contributed by atoms with van der Waals surface area (Å²) in [7, 11) is 0. The fourth-order valence-electron chi connectivity index (χ4n) is 1.87. The summed E-state index contributed by atoms with van der Waals surface area (Å²) in [4.78, 5) is 0. The van der Waals surface area contributed by atoms with Crippen molar-refractivity contribution in [2.45, 2.75) is 46.3 Å². The van der Waals surface area contributed by atoms with Gasteiger partial charge in [0.25, 0.3) is 0 Å². The van der Waals surface area contributed by atoms with Gasteiger partial charge in [-0.1, -0.05) is 13.0 Å². The van der Waals surface area contributed by atoms with Crippen LogP contribution in [0, 0.1) is 5.82 Å². The maximum Gasteiger partial charge on any atom is 0.131 e. The van der Waals surface area contributed by atoms with Crippen LogP contribution < -0.4 is 10.1 Å². The quantitative estimate of drug-likeness (QED) is 0.774. The molecule has 1 unspecified atom stereocenters. The number of hydrogen-bond acceptors (Lipinski definition) is 3. The summed E-state index contributed by atoms with van der Waals surface area (Å²) >= 11 is 0. The zero-order chi connectivity index (χ0) is 15.2. The highest BCUT2D eigenvalue weighted by atomic mass is 19.1. The maximum absolute atomic E-state index is 14.0. The lowest BCUT2D eigenvalue weighted by atomic mass is 10.1. The van der Waals surface area contributed by atoms with E-state index in [0.717, 1.165) is 6.54 Å². The van der Waals surface area contributed by atoms with Crippen LogP contribution in [0.15, 0.2) is 18.2 Å². The Morgan fingerprint density at radius 3 is 2.50 bits per heavy atom. The number of benzene rings is 1. The van der Waals surface area contributed by atoms with E-state index in [1.807, 2.05) is 34.6 Å². The van der Waals surface area contributed by atoms with Gasteiger partial charge in [-0.15, -0.1) is 0 Å². The second-order valence-corrected chi connectivity index (χ2v) is 5.77. The van der Waals surface area contributed by atoms with E-state index < -0.39 is 0 Å². The fourth-order valence-corrected chi connectivity index (χ4v) is 1.87. The predicted molar refractivity (Wildman–Crippen MR) is 79.7 cm³/mol. The van der Waals surface area contributed by atoms with Crippen LogP contribution in [0.3, 0.4) is 0 Å². The van der Waals surface area contributed by atoms with Crippen LogP contribution >= 0.6 is 0 Å².